The van der Waals surface area contributed by atoms with E-state index in [4.69, 9.17) is 0 Å². The molecule has 20 heavy (non-hydrogen) atoms. The van der Waals surface area contributed by atoms with E-state index < -0.39 is 9.84 Å². The monoisotopic (exact) mass is 295 g/mol. The first-order valence-corrected chi connectivity index (χ1v) is 9.00. The SMILES string of the molecule is CCC(C)(CNC(C)C)C1CS(=O)(=O)c2ccccc21. The van der Waals surface area contributed by atoms with E-state index in [0.717, 1.165) is 18.5 Å². The van der Waals surface area contributed by atoms with E-state index in [1.165, 1.54) is 0 Å². The highest BCUT2D eigenvalue weighted by Crippen LogP contribution is 2.46. The molecule has 1 aromatic rings. The molecule has 1 aliphatic rings. The first-order chi connectivity index (χ1) is 9.30. The molecule has 0 radical (unpaired) electrons. The minimum absolute atomic E-state index is 0.0378. The van der Waals surface area contributed by atoms with Crippen LogP contribution in [0.5, 0.6) is 0 Å². The molecular weight excluding hydrogens is 270 g/mol. The normalized spacial score (nSPS) is 23.6. The van der Waals surface area contributed by atoms with Gasteiger partial charge in [-0.1, -0.05) is 45.9 Å². The molecule has 0 aliphatic carbocycles. The largest absolute Gasteiger partial charge is 0.314 e. The third-order valence-corrected chi connectivity index (χ3v) is 6.39. The molecule has 0 amide bonds. The number of rotatable bonds is 5. The Morgan fingerprint density at radius 3 is 2.60 bits per heavy atom. The summed E-state index contributed by atoms with van der Waals surface area (Å²) in [5.41, 5.74) is 0.964. The van der Waals surface area contributed by atoms with Gasteiger partial charge in [-0.15, -0.1) is 0 Å². The summed E-state index contributed by atoms with van der Waals surface area (Å²) < 4.78 is 24.7. The Morgan fingerprint density at radius 1 is 1.35 bits per heavy atom. The Hall–Kier alpha value is -0.870. The molecule has 2 unspecified atom stereocenters. The molecule has 112 valence electrons. The maximum absolute atomic E-state index is 12.3. The molecule has 1 aromatic carbocycles. The van der Waals surface area contributed by atoms with Crippen LogP contribution in [0.3, 0.4) is 0 Å². The summed E-state index contributed by atoms with van der Waals surface area (Å²) in [6.45, 7) is 9.43. The lowest BCUT2D eigenvalue weighted by molar-refractivity contribution is 0.238. The average molecular weight is 295 g/mol. The van der Waals surface area contributed by atoms with Gasteiger partial charge in [-0.25, -0.2) is 8.42 Å². The molecule has 0 aromatic heterocycles. The van der Waals surface area contributed by atoms with Gasteiger partial charge in [0.25, 0.3) is 0 Å². The van der Waals surface area contributed by atoms with Crippen molar-refractivity contribution in [1.82, 2.24) is 5.32 Å². The average Bonchev–Trinajstić information content (AvgIpc) is 2.69. The Kier molecular flexibility index (Phi) is 4.26. The molecule has 0 spiro atoms. The van der Waals surface area contributed by atoms with Crippen LogP contribution in [0.2, 0.25) is 0 Å². The lowest BCUT2D eigenvalue weighted by Gasteiger charge is -2.35. The molecule has 2 atom stereocenters. The van der Waals surface area contributed by atoms with Crippen LogP contribution in [0.15, 0.2) is 29.2 Å². The zero-order valence-corrected chi connectivity index (χ0v) is 13.6. The fraction of sp³-hybridized carbons (Fsp3) is 0.625. The lowest BCUT2D eigenvalue weighted by atomic mass is 9.72. The fourth-order valence-corrected chi connectivity index (χ4v) is 5.01. The second-order valence-electron chi connectivity index (χ2n) is 6.42. The van der Waals surface area contributed by atoms with Crippen LogP contribution in [-0.4, -0.2) is 26.8 Å². The van der Waals surface area contributed by atoms with Crippen LogP contribution in [-0.2, 0) is 9.84 Å². The van der Waals surface area contributed by atoms with Gasteiger partial charge in [0.05, 0.1) is 10.6 Å². The highest BCUT2D eigenvalue weighted by Gasteiger charge is 2.44. The minimum Gasteiger partial charge on any atom is -0.314 e. The van der Waals surface area contributed by atoms with Gasteiger partial charge in [0.15, 0.2) is 9.84 Å². The van der Waals surface area contributed by atoms with Crippen molar-refractivity contribution in [1.29, 1.82) is 0 Å². The first-order valence-electron chi connectivity index (χ1n) is 7.35. The maximum Gasteiger partial charge on any atom is 0.179 e. The summed E-state index contributed by atoms with van der Waals surface area (Å²) in [7, 11) is -3.11. The van der Waals surface area contributed by atoms with Crippen molar-refractivity contribution in [2.75, 3.05) is 12.3 Å². The Bertz CT molecular complexity index is 580. The smallest absolute Gasteiger partial charge is 0.179 e. The van der Waals surface area contributed by atoms with Crippen molar-refractivity contribution in [3.8, 4) is 0 Å². The van der Waals surface area contributed by atoms with E-state index >= 15 is 0 Å². The molecule has 2 rings (SSSR count). The number of fused-ring (bicyclic) bond motifs is 1. The summed E-state index contributed by atoms with van der Waals surface area (Å²) in [4.78, 5) is 0.536. The zero-order valence-electron chi connectivity index (χ0n) is 12.8. The highest BCUT2D eigenvalue weighted by molar-refractivity contribution is 7.91. The van der Waals surface area contributed by atoms with Crippen LogP contribution in [0.25, 0.3) is 0 Å². The van der Waals surface area contributed by atoms with Gasteiger partial charge >= 0.3 is 0 Å². The van der Waals surface area contributed by atoms with Gasteiger partial charge < -0.3 is 5.32 Å². The van der Waals surface area contributed by atoms with Crippen LogP contribution >= 0.6 is 0 Å². The van der Waals surface area contributed by atoms with Gasteiger partial charge in [-0.3, -0.25) is 0 Å². The predicted octanol–water partition coefficient (Wildman–Crippen LogP) is 2.97. The van der Waals surface area contributed by atoms with E-state index in [1.807, 2.05) is 18.2 Å². The van der Waals surface area contributed by atoms with E-state index in [1.54, 1.807) is 6.07 Å². The molecule has 1 aliphatic heterocycles. The third-order valence-electron chi connectivity index (χ3n) is 4.58. The predicted molar refractivity (Wildman–Crippen MR) is 82.8 cm³/mol. The van der Waals surface area contributed by atoms with E-state index in [9.17, 15) is 8.42 Å². The van der Waals surface area contributed by atoms with Gasteiger partial charge in [0, 0.05) is 18.5 Å². The number of sulfone groups is 1. The number of nitrogens with one attached hydrogen (secondary N) is 1. The summed E-state index contributed by atoms with van der Waals surface area (Å²) in [5.74, 6) is 0.330. The second kappa shape index (κ2) is 5.49. The van der Waals surface area contributed by atoms with Crippen LogP contribution in [0, 0.1) is 5.41 Å². The maximum atomic E-state index is 12.3. The molecular formula is C16H25NO2S. The quantitative estimate of drug-likeness (QED) is 0.908. The summed E-state index contributed by atoms with van der Waals surface area (Å²) in [6, 6.07) is 7.89. The van der Waals surface area contributed by atoms with Crippen molar-refractivity contribution in [2.45, 2.75) is 51.0 Å². The lowest BCUT2D eigenvalue weighted by Crippen LogP contribution is -2.40. The van der Waals surface area contributed by atoms with Crippen molar-refractivity contribution >= 4 is 9.84 Å². The van der Waals surface area contributed by atoms with Crippen LogP contribution in [0.4, 0.5) is 0 Å². The van der Waals surface area contributed by atoms with Gasteiger partial charge in [-0.05, 0) is 23.5 Å². The van der Waals surface area contributed by atoms with E-state index in [2.05, 4.69) is 33.0 Å². The molecule has 1 N–H and O–H groups in total. The molecule has 0 fully saturated rings. The third kappa shape index (κ3) is 2.77. The van der Waals surface area contributed by atoms with Crippen molar-refractivity contribution in [3.63, 3.8) is 0 Å². The number of hydrogen-bond donors (Lipinski definition) is 1. The van der Waals surface area contributed by atoms with Crippen molar-refractivity contribution in [3.05, 3.63) is 29.8 Å². The van der Waals surface area contributed by atoms with E-state index in [0.29, 0.717) is 10.9 Å². The first kappa shape index (κ1) is 15.5. The van der Waals surface area contributed by atoms with Gasteiger partial charge in [-0.2, -0.15) is 0 Å². The molecule has 0 saturated heterocycles. The van der Waals surface area contributed by atoms with Gasteiger partial charge in [0.2, 0.25) is 0 Å². The van der Waals surface area contributed by atoms with Crippen LogP contribution in [0.1, 0.15) is 45.6 Å². The van der Waals surface area contributed by atoms with Crippen molar-refractivity contribution < 1.29 is 8.42 Å². The highest BCUT2D eigenvalue weighted by atomic mass is 32.2. The second-order valence-corrected chi connectivity index (χ2v) is 8.42. The van der Waals surface area contributed by atoms with Crippen LogP contribution < -0.4 is 5.32 Å². The molecule has 4 heteroatoms. The Morgan fingerprint density at radius 2 is 2.00 bits per heavy atom. The molecule has 3 nitrogen and oxygen atoms in total. The standard InChI is InChI=1S/C16H25NO2S/c1-5-16(4,11-17-12(2)3)14-10-20(18,19)15-9-7-6-8-13(14)15/h6-9,12,14,17H,5,10-11H2,1-4H3. The minimum atomic E-state index is -3.11. The van der Waals surface area contributed by atoms with E-state index in [-0.39, 0.29) is 17.1 Å². The van der Waals surface area contributed by atoms with Crippen molar-refractivity contribution in [2.24, 2.45) is 5.41 Å². The number of hydrogen-bond acceptors (Lipinski definition) is 3. The summed E-state index contributed by atoms with van der Waals surface area (Å²) >= 11 is 0. The number of benzene rings is 1. The fourth-order valence-electron chi connectivity index (χ4n) is 2.96. The Labute approximate surface area is 122 Å². The zero-order chi connectivity index (χ0) is 15.0. The molecule has 0 saturated carbocycles. The summed E-state index contributed by atoms with van der Waals surface area (Å²) in [5, 5.41) is 3.48. The topological polar surface area (TPSA) is 46.2 Å². The summed E-state index contributed by atoms with van der Waals surface area (Å²) in [6.07, 6.45) is 0.960. The molecule has 1 heterocycles. The van der Waals surface area contributed by atoms with Gasteiger partial charge in [0.1, 0.15) is 0 Å². The Balaban J connectivity index is 2.38. The molecule has 0 bridgehead atoms.